The molecule has 0 saturated carbocycles. The smallest absolute Gasteiger partial charge is 0.337 e. The maximum atomic E-state index is 13.2. The van der Waals surface area contributed by atoms with Crippen molar-refractivity contribution in [2.45, 2.75) is 162 Å². The fourth-order valence-corrected chi connectivity index (χ4v) is 5.08. The number of methoxy groups -OCH3 is 1. The molecule has 0 heterocycles. The van der Waals surface area contributed by atoms with E-state index in [0.717, 1.165) is 32.1 Å². The second-order valence-electron chi connectivity index (χ2n) is 14.0. The molecule has 8 heteroatoms. The normalized spacial score (nSPS) is 11.6. The third kappa shape index (κ3) is 20.7. The first kappa shape index (κ1) is 40.1. The highest BCUT2D eigenvalue weighted by atomic mass is 16.6. The average Bonchev–Trinajstić information content (AvgIpc) is 2.95. The number of carbonyl (C=O) groups excluding carboxylic acids is 4. The van der Waals surface area contributed by atoms with Gasteiger partial charge in [-0.1, -0.05) is 77.0 Å². The van der Waals surface area contributed by atoms with Crippen molar-refractivity contribution in [3.05, 3.63) is 29.8 Å². The molecule has 0 aromatic heterocycles. The number of amides is 1. The molecule has 0 spiro atoms. The van der Waals surface area contributed by atoms with E-state index in [0.29, 0.717) is 24.1 Å². The highest BCUT2D eigenvalue weighted by Gasteiger charge is 2.21. The molecular weight excluding hydrogens is 570 g/mol. The Balaban J connectivity index is 2.23. The SMILES string of the molecule is COC(=O)c1ccc(N(CCC(=O)OC(C)(C)C)C(=O)CCCCCCCCCCCCCCCCC(=O)OC(C)(C)C)cc1. The van der Waals surface area contributed by atoms with Crippen LogP contribution in [0.2, 0.25) is 0 Å². The van der Waals surface area contributed by atoms with Gasteiger partial charge in [0, 0.05) is 25.1 Å². The number of benzene rings is 1. The maximum Gasteiger partial charge on any atom is 0.337 e. The second-order valence-corrected chi connectivity index (χ2v) is 14.0. The van der Waals surface area contributed by atoms with Gasteiger partial charge in [0.1, 0.15) is 11.2 Å². The fraction of sp³-hybridized carbons (Fsp3) is 0.730. The number of hydrogen-bond acceptors (Lipinski definition) is 7. The van der Waals surface area contributed by atoms with E-state index in [9.17, 15) is 19.2 Å². The van der Waals surface area contributed by atoms with E-state index < -0.39 is 17.2 Å². The minimum atomic E-state index is -0.583. The van der Waals surface area contributed by atoms with Gasteiger partial charge in [-0.25, -0.2) is 4.79 Å². The van der Waals surface area contributed by atoms with Crippen LogP contribution in [-0.2, 0) is 28.6 Å². The van der Waals surface area contributed by atoms with E-state index in [-0.39, 0.29) is 30.8 Å². The standard InChI is InChI=1S/C37H61NO7/c1-36(2,3)44-33(40)23-21-19-17-15-13-11-9-8-10-12-14-16-18-20-22-32(39)38(29-28-34(41)45-37(4,5)6)31-26-24-30(25-27-31)35(42)43-7/h24-27H,8-23,28-29H2,1-7H3. The van der Waals surface area contributed by atoms with Gasteiger partial charge in [-0.15, -0.1) is 0 Å². The van der Waals surface area contributed by atoms with Crippen LogP contribution in [0, 0.1) is 0 Å². The van der Waals surface area contributed by atoms with Crippen molar-refractivity contribution in [1.29, 1.82) is 0 Å². The van der Waals surface area contributed by atoms with Gasteiger partial charge in [0.25, 0.3) is 0 Å². The number of carbonyl (C=O) groups is 4. The third-order valence-electron chi connectivity index (χ3n) is 7.30. The van der Waals surface area contributed by atoms with Gasteiger partial charge in [-0.05, 0) is 78.6 Å². The number of esters is 3. The fourth-order valence-electron chi connectivity index (χ4n) is 5.08. The zero-order valence-electron chi connectivity index (χ0n) is 29.3. The number of rotatable bonds is 22. The molecule has 1 rings (SSSR count). The lowest BCUT2D eigenvalue weighted by atomic mass is 10.0. The Labute approximate surface area is 272 Å². The molecule has 45 heavy (non-hydrogen) atoms. The summed E-state index contributed by atoms with van der Waals surface area (Å²) < 4.78 is 15.5. The highest BCUT2D eigenvalue weighted by molar-refractivity contribution is 5.95. The van der Waals surface area contributed by atoms with Gasteiger partial charge in [-0.2, -0.15) is 0 Å². The first-order valence-corrected chi connectivity index (χ1v) is 17.1. The zero-order valence-corrected chi connectivity index (χ0v) is 29.3. The summed E-state index contributed by atoms with van der Waals surface area (Å²) >= 11 is 0. The Morgan fingerprint density at radius 2 is 0.933 bits per heavy atom. The van der Waals surface area contributed by atoms with Crippen LogP contribution >= 0.6 is 0 Å². The van der Waals surface area contributed by atoms with Crippen molar-refractivity contribution in [2.24, 2.45) is 0 Å². The summed E-state index contributed by atoms with van der Waals surface area (Å²) in [6.07, 6.45) is 17.2. The molecule has 0 N–H and O–H groups in total. The van der Waals surface area contributed by atoms with Gasteiger partial charge in [0.15, 0.2) is 0 Å². The monoisotopic (exact) mass is 631 g/mol. The first-order chi connectivity index (χ1) is 21.2. The van der Waals surface area contributed by atoms with Crippen molar-refractivity contribution in [2.75, 3.05) is 18.6 Å². The van der Waals surface area contributed by atoms with Crippen LogP contribution in [0.5, 0.6) is 0 Å². The van der Waals surface area contributed by atoms with E-state index in [1.807, 2.05) is 41.5 Å². The molecule has 256 valence electrons. The Kier molecular flexibility index (Phi) is 19.4. The van der Waals surface area contributed by atoms with Crippen molar-refractivity contribution < 1.29 is 33.4 Å². The predicted molar refractivity (Wildman–Crippen MR) is 180 cm³/mol. The van der Waals surface area contributed by atoms with Crippen molar-refractivity contribution >= 4 is 29.5 Å². The Bertz CT molecular complexity index is 1010. The van der Waals surface area contributed by atoms with Gasteiger partial charge in [0.05, 0.1) is 19.1 Å². The van der Waals surface area contributed by atoms with Gasteiger partial charge < -0.3 is 19.1 Å². The van der Waals surface area contributed by atoms with Crippen LogP contribution in [-0.4, -0.2) is 48.7 Å². The van der Waals surface area contributed by atoms with Crippen LogP contribution in [0.15, 0.2) is 24.3 Å². The Morgan fingerprint density at radius 1 is 0.556 bits per heavy atom. The number of ether oxygens (including phenoxy) is 3. The molecule has 0 unspecified atom stereocenters. The number of anilines is 1. The van der Waals surface area contributed by atoms with Crippen LogP contribution in [0.3, 0.4) is 0 Å². The highest BCUT2D eigenvalue weighted by Crippen LogP contribution is 2.20. The van der Waals surface area contributed by atoms with E-state index in [1.54, 1.807) is 29.2 Å². The summed E-state index contributed by atoms with van der Waals surface area (Å²) in [5.41, 5.74) is 0.0801. The molecule has 0 saturated heterocycles. The molecule has 1 aromatic rings. The summed E-state index contributed by atoms with van der Waals surface area (Å²) in [7, 11) is 1.33. The zero-order chi connectivity index (χ0) is 33.7. The van der Waals surface area contributed by atoms with Crippen molar-refractivity contribution in [3.63, 3.8) is 0 Å². The minimum Gasteiger partial charge on any atom is -0.465 e. The quantitative estimate of drug-likeness (QED) is 0.0715. The van der Waals surface area contributed by atoms with Gasteiger partial charge in [0.2, 0.25) is 5.91 Å². The molecular formula is C37H61NO7. The topological polar surface area (TPSA) is 99.2 Å². The summed E-state index contributed by atoms with van der Waals surface area (Å²) in [5.74, 6) is -0.907. The molecule has 0 bridgehead atoms. The predicted octanol–water partition coefficient (Wildman–Crippen LogP) is 9.12. The van der Waals surface area contributed by atoms with Crippen molar-refractivity contribution in [3.8, 4) is 0 Å². The molecule has 0 aliphatic heterocycles. The van der Waals surface area contributed by atoms with Crippen LogP contribution in [0.4, 0.5) is 5.69 Å². The summed E-state index contributed by atoms with van der Waals surface area (Å²) in [4.78, 5) is 50.7. The van der Waals surface area contributed by atoms with E-state index in [2.05, 4.69) is 0 Å². The molecule has 1 amide bonds. The minimum absolute atomic E-state index is 0.0348. The molecule has 8 nitrogen and oxygen atoms in total. The van der Waals surface area contributed by atoms with Crippen LogP contribution in [0.25, 0.3) is 0 Å². The lowest BCUT2D eigenvalue weighted by Crippen LogP contribution is -2.34. The summed E-state index contributed by atoms with van der Waals surface area (Å²) in [6.45, 7) is 11.4. The second kappa shape index (κ2) is 21.8. The maximum absolute atomic E-state index is 13.2. The molecule has 0 fully saturated rings. The summed E-state index contributed by atoms with van der Waals surface area (Å²) in [5, 5.41) is 0. The third-order valence-corrected chi connectivity index (χ3v) is 7.30. The average molecular weight is 632 g/mol. The molecule has 1 aromatic carbocycles. The number of nitrogens with zero attached hydrogens (tertiary/aromatic N) is 1. The lowest BCUT2D eigenvalue weighted by molar-refractivity contribution is -0.155. The van der Waals surface area contributed by atoms with Crippen LogP contribution in [0.1, 0.15) is 161 Å². The van der Waals surface area contributed by atoms with Gasteiger partial charge in [-0.3, -0.25) is 14.4 Å². The Hall–Kier alpha value is -2.90. The van der Waals surface area contributed by atoms with E-state index in [1.165, 1.54) is 64.9 Å². The molecule has 0 aliphatic carbocycles. The van der Waals surface area contributed by atoms with E-state index >= 15 is 0 Å². The van der Waals surface area contributed by atoms with Crippen LogP contribution < -0.4 is 4.90 Å². The Morgan fingerprint density at radius 3 is 1.33 bits per heavy atom. The number of unbranched alkanes of at least 4 members (excludes halogenated alkanes) is 13. The molecule has 0 atom stereocenters. The lowest BCUT2D eigenvalue weighted by Gasteiger charge is -2.24. The van der Waals surface area contributed by atoms with E-state index in [4.69, 9.17) is 14.2 Å². The van der Waals surface area contributed by atoms with Crippen molar-refractivity contribution in [1.82, 2.24) is 0 Å². The largest absolute Gasteiger partial charge is 0.465 e. The molecule has 0 aliphatic rings. The first-order valence-electron chi connectivity index (χ1n) is 17.1. The van der Waals surface area contributed by atoms with Gasteiger partial charge >= 0.3 is 17.9 Å². The summed E-state index contributed by atoms with van der Waals surface area (Å²) in [6, 6.07) is 6.70. The number of hydrogen-bond donors (Lipinski definition) is 0. The molecule has 0 radical (unpaired) electrons.